The Labute approximate surface area is 209 Å². The van der Waals surface area contributed by atoms with E-state index in [-0.39, 0.29) is 18.3 Å². The molecule has 0 radical (unpaired) electrons. The minimum absolute atomic E-state index is 0.200. The zero-order chi connectivity index (χ0) is 24.9. The summed E-state index contributed by atoms with van der Waals surface area (Å²) in [7, 11) is 0. The number of aliphatic carboxylic acids is 1. The number of benzene rings is 3. The molecule has 0 aromatic heterocycles. The van der Waals surface area contributed by atoms with Gasteiger partial charge in [-0.15, -0.1) is 0 Å². The Morgan fingerprint density at radius 1 is 1.17 bits per heavy atom. The van der Waals surface area contributed by atoms with Crippen LogP contribution in [-0.2, 0) is 24.2 Å². The van der Waals surface area contributed by atoms with Crippen molar-refractivity contribution in [3.8, 4) is 16.9 Å². The fraction of sp³-hybridized carbons (Fsp3) is 0.321. The first-order valence-corrected chi connectivity index (χ1v) is 12.2. The highest BCUT2D eigenvalue weighted by molar-refractivity contribution is 6.31. The number of carbonyl (C=O) groups is 1. The molecular formula is C28H29ClFNO4. The van der Waals surface area contributed by atoms with Crippen LogP contribution in [0.25, 0.3) is 11.1 Å². The van der Waals surface area contributed by atoms with Crippen LogP contribution in [0.3, 0.4) is 0 Å². The van der Waals surface area contributed by atoms with Gasteiger partial charge in [-0.2, -0.15) is 0 Å². The van der Waals surface area contributed by atoms with Gasteiger partial charge in [-0.25, -0.2) is 4.39 Å². The number of carboxylic acid groups (broad SMARTS) is 1. The number of aliphatic hydroxyl groups is 1. The van der Waals surface area contributed by atoms with Gasteiger partial charge in [-0.05, 0) is 72.6 Å². The van der Waals surface area contributed by atoms with Gasteiger partial charge in [0.25, 0.3) is 0 Å². The predicted octanol–water partition coefficient (Wildman–Crippen LogP) is 5.35. The van der Waals surface area contributed by atoms with E-state index in [0.717, 1.165) is 29.5 Å². The molecular weight excluding hydrogens is 469 g/mol. The number of hydrogen-bond acceptors (Lipinski definition) is 4. The molecule has 0 aliphatic heterocycles. The molecule has 0 amide bonds. The number of rotatable bonds is 10. The third kappa shape index (κ3) is 5.50. The topological polar surface area (TPSA) is 78.8 Å². The lowest BCUT2D eigenvalue weighted by Gasteiger charge is -2.19. The number of carboxylic acids is 1. The van der Waals surface area contributed by atoms with E-state index in [2.05, 4.69) is 11.4 Å². The van der Waals surface area contributed by atoms with E-state index >= 15 is 0 Å². The Balaban J connectivity index is 1.59. The van der Waals surface area contributed by atoms with Crippen LogP contribution in [0.4, 0.5) is 4.39 Å². The van der Waals surface area contributed by atoms with Crippen LogP contribution in [0.2, 0.25) is 5.02 Å². The average Bonchev–Trinajstić information content (AvgIpc) is 3.25. The molecule has 1 aliphatic rings. The molecule has 184 valence electrons. The predicted molar refractivity (Wildman–Crippen MR) is 135 cm³/mol. The van der Waals surface area contributed by atoms with Crippen LogP contribution in [0.5, 0.6) is 5.75 Å². The number of aliphatic hydroxyl groups excluding tert-OH is 1. The van der Waals surface area contributed by atoms with Crippen LogP contribution in [0.1, 0.15) is 41.5 Å². The molecule has 3 N–H and O–H groups in total. The smallest absolute Gasteiger partial charge is 0.323 e. The number of halogens is 2. The van der Waals surface area contributed by atoms with E-state index in [9.17, 15) is 14.3 Å². The number of hydrogen-bond donors (Lipinski definition) is 3. The molecule has 35 heavy (non-hydrogen) atoms. The van der Waals surface area contributed by atoms with Crippen molar-refractivity contribution >= 4 is 17.6 Å². The highest BCUT2D eigenvalue weighted by Gasteiger charge is 2.27. The zero-order valence-electron chi connectivity index (χ0n) is 19.6. The average molecular weight is 498 g/mol. The van der Waals surface area contributed by atoms with Crippen molar-refractivity contribution in [1.82, 2.24) is 5.32 Å². The van der Waals surface area contributed by atoms with E-state index in [0.29, 0.717) is 29.4 Å². The van der Waals surface area contributed by atoms with Crippen molar-refractivity contribution in [2.45, 2.75) is 44.7 Å². The largest absolute Gasteiger partial charge is 0.494 e. The molecule has 3 aromatic carbocycles. The molecule has 4 rings (SSSR count). The van der Waals surface area contributed by atoms with Crippen LogP contribution in [0.15, 0.2) is 54.6 Å². The maximum absolute atomic E-state index is 14.5. The Hall–Kier alpha value is -2.93. The SMILES string of the molecule is CCOc1cc(C[C@H]2CCc3c(-c4ccccc4F)cccc32)c(Cl)cc1CN[C@H](CO)C(=O)O. The summed E-state index contributed by atoms with van der Waals surface area (Å²) >= 11 is 6.67. The van der Waals surface area contributed by atoms with Gasteiger partial charge >= 0.3 is 5.97 Å². The summed E-state index contributed by atoms with van der Waals surface area (Å²) in [4.78, 5) is 11.2. The fourth-order valence-corrected chi connectivity index (χ4v) is 5.10. The van der Waals surface area contributed by atoms with Crippen LogP contribution < -0.4 is 10.1 Å². The van der Waals surface area contributed by atoms with Gasteiger partial charge in [0.2, 0.25) is 0 Å². The maximum atomic E-state index is 14.5. The minimum atomic E-state index is -1.12. The van der Waals surface area contributed by atoms with Crippen LogP contribution >= 0.6 is 11.6 Å². The lowest BCUT2D eigenvalue weighted by atomic mass is 9.90. The normalized spacial score (nSPS) is 15.6. The number of nitrogens with one attached hydrogen (secondary N) is 1. The van der Waals surface area contributed by atoms with Gasteiger partial charge < -0.3 is 14.9 Å². The second kappa shape index (κ2) is 11.2. The van der Waals surface area contributed by atoms with E-state index in [1.54, 1.807) is 12.1 Å². The molecule has 0 unspecified atom stereocenters. The van der Waals surface area contributed by atoms with Crippen molar-refractivity contribution < 1.29 is 24.1 Å². The molecule has 7 heteroatoms. The maximum Gasteiger partial charge on any atom is 0.323 e. The number of ether oxygens (including phenoxy) is 1. The highest BCUT2D eigenvalue weighted by atomic mass is 35.5. The second-order valence-electron chi connectivity index (χ2n) is 8.73. The van der Waals surface area contributed by atoms with Gasteiger partial charge in [-0.1, -0.05) is 48.0 Å². The van der Waals surface area contributed by atoms with Gasteiger partial charge in [0.15, 0.2) is 0 Å². The van der Waals surface area contributed by atoms with Gasteiger partial charge in [0, 0.05) is 22.7 Å². The monoisotopic (exact) mass is 497 g/mol. The summed E-state index contributed by atoms with van der Waals surface area (Å²) in [5.74, 6) is -0.453. The molecule has 0 fully saturated rings. The lowest BCUT2D eigenvalue weighted by Crippen LogP contribution is -2.39. The van der Waals surface area contributed by atoms with Crippen molar-refractivity contribution in [2.24, 2.45) is 0 Å². The van der Waals surface area contributed by atoms with Crippen LogP contribution in [-0.4, -0.2) is 35.4 Å². The minimum Gasteiger partial charge on any atom is -0.494 e. The Bertz CT molecular complexity index is 1220. The molecule has 5 nitrogen and oxygen atoms in total. The summed E-state index contributed by atoms with van der Waals surface area (Å²) in [6.45, 7) is 2.03. The molecule has 0 bridgehead atoms. The second-order valence-corrected chi connectivity index (χ2v) is 9.14. The van der Waals surface area contributed by atoms with E-state index < -0.39 is 18.6 Å². The summed E-state index contributed by atoms with van der Waals surface area (Å²) in [6.07, 6.45) is 2.54. The quantitative estimate of drug-likeness (QED) is 0.352. The molecule has 0 spiro atoms. The van der Waals surface area contributed by atoms with Crippen molar-refractivity contribution in [3.63, 3.8) is 0 Å². The van der Waals surface area contributed by atoms with Gasteiger partial charge in [-0.3, -0.25) is 10.1 Å². The summed E-state index contributed by atoms with van der Waals surface area (Å²) < 4.78 is 20.3. The molecule has 3 aromatic rings. The van der Waals surface area contributed by atoms with Gasteiger partial charge in [0.05, 0.1) is 13.2 Å². The Morgan fingerprint density at radius 2 is 1.94 bits per heavy atom. The fourth-order valence-electron chi connectivity index (χ4n) is 4.83. The van der Waals surface area contributed by atoms with Crippen LogP contribution in [0, 0.1) is 5.82 Å². The molecule has 0 saturated heterocycles. The van der Waals surface area contributed by atoms with E-state index in [1.165, 1.54) is 17.2 Å². The Kier molecular flexibility index (Phi) is 8.06. The van der Waals surface area contributed by atoms with Crippen molar-refractivity contribution in [2.75, 3.05) is 13.2 Å². The first-order valence-electron chi connectivity index (χ1n) is 11.8. The summed E-state index contributed by atoms with van der Waals surface area (Å²) in [5.41, 5.74) is 5.66. The highest BCUT2D eigenvalue weighted by Crippen LogP contribution is 2.42. The first kappa shape index (κ1) is 25.2. The first-order chi connectivity index (χ1) is 16.9. The third-order valence-corrected chi connectivity index (χ3v) is 6.93. The van der Waals surface area contributed by atoms with Gasteiger partial charge in [0.1, 0.15) is 17.6 Å². The molecule has 0 heterocycles. The van der Waals surface area contributed by atoms with E-state index in [4.69, 9.17) is 21.4 Å². The molecule has 2 atom stereocenters. The molecule has 0 saturated carbocycles. The summed E-state index contributed by atoms with van der Waals surface area (Å²) in [5, 5.41) is 21.8. The Morgan fingerprint density at radius 3 is 2.66 bits per heavy atom. The third-order valence-electron chi connectivity index (χ3n) is 6.57. The standard InChI is InChI=1S/C28H29ClFNO4/c1-2-35-27-14-18(24(29)13-19(27)15-31-26(16-32)28(33)34)12-17-10-11-22-20(17)7-5-8-21(22)23-6-3-4-9-25(23)30/h3-9,13-14,17,26,31-32H,2,10-12,15-16H2,1H3,(H,33,34)/t17-,26-/m1/s1. The van der Waals surface area contributed by atoms with Crippen molar-refractivity contribution in [3.05, 3.63) is 87.7 Å². The molecule has 1 aliphatic carbocycles. The summed E-state index contributed by atoms with van der Waals surface area (Å²) in [6, 6.07) is 15.6. The number of fused-ring (bicyclic) bond motifs is 1. The van der Waals surface area contributed by atoms with Crippen molar-refractivity contribution in [1.29, 1.82) is 0 Å². The lowest BCUT2D eigenvalue weighted by molar-refractivity contribution is -0.140. The van der Waals surface area contributed by atoms with E-state index in [1.807, 2.05) is 37.3 Å². The zero-order valence-corrected chi connectivity index (χ0v) is 20.3.